The summed E-state index contributed by atoms with van der Waals surface area (Å²) in [5.74, 6) is -0.983. The van der Waals surface area contributed by atoms with Crippen LogP contribution in [0.4, 0.5) is 13.2 Å². The Morgan fingerprint density at radius 1 is 1.44 bits per heavy atom. The Bertz CT molecular complexity index is 431. The van der Waals surface area contributed by atoms with Crippen LogP contribution in [0.25, 0.3) is 0 Å². The van der Waals surface area contributed by atoms with Gasteiger partial charge in [-0.05, 0) is 57.6 Å². The highest BCUT2D eigenvalue weighted by atomic mass is 127. The zero-order valence-electron chi connectivity index (χ0n) is 7.86. The van der Waals surface area contributed by atoms with Crippen LogP contribution in [0.2, 0.25) is 0 Å². The molecule has 0 atom stereocenters. The third-order valence-corrected chi connectivity index (χ3v) is 4.07. The number of hydrogen-bond acceptors (Lipinski definition) is 2. The summed E-state index contributed by atoms with van der Waals surface area (Å²) in [7, 11) is 0. The van der Waals surface area contributed by atoms with Crippen LogP contribution in [-0.4, -0.2) is 12.1 Å². The molecule has 0 amide bonds. The predicted octanol–water partition coefficient (Wildman–Crippen LogP) is 4.15. The molecule has 2 nitrogen and oxygen atoms in total. The first kappa shape index (κ1) is 13.8. The highest BCUT2D eigenvalue weighted by molar-refractivity contribution is 14.1. The minimum absolute atomic E-state index is 0.107. The average molecular weight is 409 g/mol. The molecular formula is C9H5BrF3IO2. The Kier molecular flexibility index (Phi) is 4.22. The van der Waals surface area contributed by atoms with E-state index in [1.807, 2.05) is 22.6 Å². The van der Waals surface area contributed by atoms with Crippen LogP contribution in [0.15, 0.2) is 16.6 Å². The fraction of sp³-hybridized carbons (Fsp3) is 0.222. The number of carbonyl (C=O) groups excluding carboxylic acids is 1. The number of ether oxygens (including phenoxy) is 1. The van der Waals surface area contributed by atoms with Crippen LogP contribution in [0.1, 0.15) is 17.3 Å². The van der Waals surface area contributed by atoms with Gasteiger partial charge in [-0.2, -0.15) is 0 Å². The lowest BCUT2D eigenvalue weighted by molar-refractivity contribution is -0.275. The molecule has 0 fully saturated rings. The molecule has 0 aliphatic rings. The summed E-state index contributed by atoms with van der Waals surface area (Å²) < 4.78 is 40.9. The number of rotatable bonds is 2. The van der Waals surface area contributed by atoms with Crippen LogP contribution in [0.5, 0.6) is 5.75 Å². The molecule has 0 saturated heterocycles. The predicted molar refractivity (Wildman–Crippen MR) is 63.5 cm³/mol. The number of alkyl halides is 3. The van der Waals surface area contributed by atoms with Crippen molar-refractivity contribution in [3.05, 3.63) is 25.7 Å². The summed E-state index contributed by atoms with van der Waals surface area (Å²) in [5.41, 5.74) is -0.107. The van der Waals surface area contributed by atoms with E-state index in [-0.39, 0.29) is 10.0 Å². The molecule has 1 aromatic carbocycles. The highest BCUT2D eigenvalue weighted by Gasteiger charge is 2.34. The average Bonchev–Trinajstić information content (AvgIpc) is 2.10. The number of hydrogen-bond donors (Lipinski definition) is 0. The number of ketones is 1. The van der Waals surface area contributed by atoms with E-state index in [2.05, 4.69) is 20.7 Å². The maximum atomic E-state index is 12.1. The normalized spacial score (nSPS) is 11.4. The lowest BCUT2D eigenvalue weighted by Gasteiger charge is -2.14. The largest absolute Gasteiger partial charge is 0.573 e. The van der Waals surface area contributed by atoms with E-state index < -0.39 is 17.9 Å². The van der Waals surface area contributed by atoms with Gasteiger partial charge >= 0.3 is 6.36 Å². The van der Waals surface area contributed by atoms with Crippen molar-refractivity contribution in [2.24, 2.45) is 0 Å². The van der Waals surface area contributed by atoms with E-state index in [0.717, 1.165) is 0 Å². The van der Waals surface area contributed by atoms with Crippen LogP contribution in [0, 0.1) is 3.57 Å². The van der Waals surface area contributed by atoms with E-state index in [0.29, 0.717) is 3.57 Å². The van der Waals surface area contributed by atoms with Gasteiger partial charge in [0, 0.05) is 3.57 Å². The molecular weight excluding hydrogens is 404 g/mol. The number of Topliss-reactive ketones (excluding diaryl/α,β-unsaturated/α-hetero) is 1. The van der Waals surface area contributed by atoms with Crippen molar-refractivity contribution in [1.29, 1.82) is 0 Å². The zero-order chi connectivity index (χ0) is 12.5. The highest BCUT2D eigenvalue weighted by Crippen LogP contribution is 2.37. The SMILES string of the molecule is CC(=O)c1ccc(I)c(Br)c1OC(F)(F)F. The van der Waals surface area contributed by atoms with Crippen LogP contribution in [0.3, 0.4) is 0 Å². The molecule has 0 N–H and O–H groups in total. The summed E-state index contributed by atoms with van der Waals surface area (Å²) >= 11 is 4.80. The van der Waals surface area contributed by atoms with Gasteiger partial charge in [-0.3, -0.25) is 4.79 Å². The van der Waals surface area contributed by atoms with Crippen LogP contribution < -0.4 is 4.74 Å². The monoisotopic (exact) mass is 408 g/mol. The molecule has 0 unspecified atom stereocenters. The number of benzene rings is 1. The van der Waals surface area contributed by atoms with Crippen molar-refractivity contribution in [1.82, 2.24) is 0 Å². The van der Waals surface area contributed by atoms with E-state index in [4.69, 9.17) is 0 Å². The number of halogens is 5. The molecule has 0 heterocycles. The molecule has 0 bridgehead atoms. The molecule has 0 aromatic heterocycles. The molecule has 88 valence electrons. The number of carbonyl (C=O) groups is 1. The Hall–Kier alpha value is -0.310. The molecule has 0 aliphatic carbocycles. The Morgan fingerprint density at radius 2 is 2.00 bits per heavy atom. The summed E-state index contributed by atoms with van der Waals surface area (Å²) in [5, 5.41) is 0. The fourth-order valence-electron chi connectivity index (χ4n) is 1.02. The van der Waals surface area contributed by atoms with Crippen molar-refractivity contribution in [2.75, 3.05) is 0 Å². The molecule has 1 rings (SSSR count). The van der Waals surface area contributed by atoms with Crippen molar-refractivity contribution in [3.63, 3.8) is 0 Å². The molecule has 7 heteroatoms. The van der Waals surface area contributed by atoms with Gasteiger partial charge < -0.3 is 4.74 Å². The molecule has 1 aromatic rings. The third kappa shape index (κ3) is 3.34. The smallest absolute Gasteiger partial charge is 0.404 e. The van der Waals surface area contributed by atoms with Crippen molar-refractivity contribution in [3.8, 4) is 5.75 Å². The van der Waals surface area contributed by atoms with Gasteiger partial charge in [0.25, 0.3) is 0 Å². The molecule has 0 radical (unpaired) electrons. The molecule has 0 saturated carbocycles. The van der Waals surface area contributed by atoms with Crippen LogP contribution >= 0.6 is 38.5 Å². The van der Waals surface area contributed by atoms with Gasteiger partial charge in [-0.1, -0.05) is 0 Å². The van der Waals surface area contributed by atoms with Crippen molar-refractivity contribution >= 4 is 44.3 Å². The lowest BCUT2D eigenvalue weighted by Crippen LogP contribution is -2.19. The third-order valence-electron chi connectivity index (χ3n) is 1.65. The van der Waals surface area contributed by atoms with E-state index >= 15 is 0 Å². The second-order valence-electron chi connectivity index (χ2n) is 2.84. The topological polar surface area (TPSA) is 26.3 Å². The standard InChI is InChI=1S/C9H5BrF3IO2/c1-4(15)5-2-3-6(14)7(10)8(5)16-9(11,12)13/h2-3H,1H3. The van der Waals surface area contributed by atoms with Gasteiger partial charge in [-0.15, -0.1) is 13.2 Å². The zero-order valence-corrected chi connectivity index (χ0v) is 11.6. The maximum absolute atomic E-state index is 12.1. The summed E-state index contributed by atoms with van der Waals surface area (Å²) in [4.78, 5) is 11.1. The molecule has 0 spiro atoms. The Labute approximate surface area is 111 Å². The fourth-order valence-corrected chi connectivity index (χ4v) is 1.88. The first-order valence-corrected chi connectivity index (χ1v) is 5.84. The van der Waals surface area contributed by atoms with Gasteiger partial charge in [0.1, 0.15) is 0 Å². The first-order chi connectivity index (χ1) is 7.22. The maximum Gasteiger partial charge on any atom is 0.573 e. The molecule has 0 aliphatic heterocycles. The van der Waals surface area contributed by atoms with Crippen molar-refractivity contribution < 1.29 is 22.7 Å². The Morgan fingerprint density at radius 3 is 2.44 bits per heavy atom. The minimum atomic E-state index is -4.82. The summed E-state index contributed by atoms with van der Waals surface area (Å²) in [6, 6.07) is 2.83. The second kappa shape index (κ2) is 4.91. The van der Waals surface area contributed by atoms with Gasteiger partial charge in [0.15, 0.2) is 11.5 Å². The lowest BCUT2D eigenvalue weighted by atomic mass is 10.1. The van der Waals surface area contributed by atoms with Gasteiger partial charge in [0.2, 0.25) is 0 Å². The van der Waals surface area contributed by atoms with Crippen molar-refractivity contribution in [2.45, 2.75) is 13.3 Å². The van der Waals surface area contributed by atoms with Gasteiger partial charge in [0.05, 0.1) is 10.0 Å². The Balaban J connectivity index is 3.32. The van der Waals surface area contributed by atoms with E-state index in [1.165, 1.54) is 19.1 Å². The molecule has 16 heavy (non-hydrogen) atoms. The van der Waals surface area contributed by atoms with Gasteiger partial charge in [-0.25, -0.2) is 0 Å². The van der Waals surface area contributed by atoms with E-state index in [9.17, 15) is 18.0 Å². The first-order valence-electron chi connectivity index (χ1n) is 3.97. The second-order valence-corrected chi connectivity index (χ2v) is 4.80. The van der Waals surface area contributed by atoms with E-state index in [1.54, 1.807) is 0 Å². The van der Waals surface area contributed by atoms with Crippen LogP contribution in [-0.2, 0) is 0 Å². The summed E-state index contributed by atoms with van der Waals surface area (Å²) in [6.07, 6.45) is -4.82. The quantitative estimate of drug-likeness (QED) is 0.542. The summed E-state index contributed by atoms with van der Waals surface area (Å²) in [6.45, 7) is 1.18. The minimum Gasteiger partial charge on any atom is -0.404 e.